The van der Waals surface area contributed by atoms with Gasteiger partial charge in [-0.3, -0.25) is 5.32 Å². The molecule has 8 heteroatoms. The van der Waals surface area contributed by atoms with Crippen molar-refractivity contribution >= 4 is 23.5 Å². The van der Waals surface area contributed by atoms with Crippen LogP contribution in [0.3, 0.4) is 0 Å². The molecule has 0 unspecified atom stereocenters. The zero-order valence-electron chi connectivity index (χ0n) is 14.7. The fourth-order valence-corrected chi connectivity index (χ4v) is 2.36. The van der Waals surface area contributed by atoms with Crippen molar-refractivity contribution in [3.8, 4) is 0 Å². The van der Waals surface area contributed by atoms with Crippen LogP contribution in [0, 0.1) is 13.8 Å². The fourth-order valence-electron chi connectivity index (χ4n) is 2.36. The topological polar surface area (TPSA) is 108 Å². The molecule has 4 N–H and O–H groups in total. The Morgan fingerprint density at radius 1 is 1.12 bits per heavy atom. The molecule has 0 fully saturated rings. The first-order chi connectivity index (χ1) is 12.6. The van der Waals surface area contributed by atoms with Crippen molar-refractivity contribution in [2.24, 2.45) is 0 Å². The fraction of sp³-hybridized carbons (Fsp3) is 0.222. The number of hydrogen-bond acceptors (Lipinski definition) is 5. The number of urea groups is 1. The summed E-state index contributed by atoms with van der Waals surface area (Å²) in [5.74, 6) is 0.904. The van der Waals surface area contributed by atoms with Crippen LogP contribution in [0.15, 0.2) is 42.9 Å². The van der Waals surface area contributed by atoms with Crippen LogP contribution in [0.25, 0.3) is 0 Å². The molecule has 134 valence electrons. The number of aryl methyl sites for hydroxylation is 2. The lowest BCUT2D eigenvalue weighted by molar-refractivity contribution is 0.262. The minimum absolute atomic E-state index is 0.249. The van der Waals surface area contributed by atoms with E-state index in [1.54, 1.807) is 12.5 Å². The van der Waals surface area contributed by atoms with E-state index in [1.807, 2.05) is 44.2 Å². The van der Waals surface area contributed by atoms with E-state index < -0.39 is 0 Å². The van der Waals surface area contributed by atoms with Gasteiger partial charge < -0.3 is 15.6 Å². The Morgan fingerprint density at radius 3 is 2.65 bits per heavy atom. The maximum atomic E-state index is 12.1. The predicted octanol–water partition coefficient (Wildman–Crippen LogP) is 3.12. The number of anilines is 3. The molecule has 3 aromatic rings. The molecular weight excluding hydrogens is 330 g/mol. The molecule has 2 aromatic heterocycles. The Balaban J connectivity index is 1.57. The third kappa shape index (κ3) is 5.04. The highest BCUT2D eigenvalue weighted by Crippen LogP contribution is 2.12. The Bertz CT molecular complexity index is 860. The third-order valence-corrected chi connectivity index (χ3v) is 3.64. The Morgan fingerprint density at radius 2 is 1.92 bits per heavy atom. The van der Waals surface area contributed by atoms with Gasteiger partial charge in [-0.05, 0) is 26.0 Å². The van der Waals surface area contributed by atoms with Crippen LogP contribution < -0.4 is 16.0 Å². The van der Waals surface area contributed by atoms with Crippen molar-refractivity contribution in [2.45, 2.75) is 20.3 Å². The van der Waals surface area contributed by atoms with Crippen molar-refractivity contribution in [3.63, 3.8) is 0 Å². The van der Waals surface area contributed by atoms with Gasteiger partial charge in [-0.25, -0.2) is 14.8 Å². The monoisotopic (exact) mass is 351 g/mol. The molecule has 0 saturated carbocycles. The summed E-state index contributed by atoms with van der Waals surface area (Å²) in [4.78, 5) is 27.7. The molecule has 0 aliphatic carbocycles. The predicted molar refractivity (Wildman–Crippen MR) is 101 cm³/mol. The minimum Gasteiger partial charge on any atom is -0.370 e. The summed E-state index contributed by atoms with van der Waals surface area (Å²) < 4.78 is 0. The van der Waals surface area contributed by atoms with Gasteiger partial charge in [0.2, 0.25) is 5.95 Å². The van der Waals surface area contributed by atoms with Crippen LogP contribution in [-0.4, -0.2) is 32.5 Å². The van der Waals surface area contributed by atoms with Crippen LogP contribution in [0.2, 0.25) is 0 Å². The molecule has 0 radical (unpaired) electrons. The number of aromatic nitrogens is 4. The molecule has 8 nitrogen and oxygen atoms in total. The molecule has 2 amide bonds. The number of amides is 2. The van der Waals surface area contributed by atoms with Crippen molar-refractivity contribution in [1.82, 2.24) is 19.9 Å². The molecule has 3 rings (SSSR count). The van der Waals surface area contributed by atoms with Crippen molar-refractivity contribution in [2.75, 3.05) is 22.5 Å². The van der Waals surface area contributed by atoms with Crippen LogP contribution in [-0.2, 0) is 6.42 Å². The molecule has 26 heavy (non-hydrogen) atoms. The highest BCUT2D eigenvalue weighted by Gasteiger charge is 2.07. The number of benzene rings is 1. The van der Waals surface area contributed by atoms with Crippen LogP contribution >= 0.6 is 0 Å². The maximum absolute atomic E-state index is 12.1. The second-order valence-corrected chi connectivity index (χ2v) is 5.92. The van der Waals surface area contributed by atoms with E-state index >= 15 is 0 Å². The SMILES string of the molecule is Cc1ccc(NC(=O)Nc2nc(C)cc(NCCc3cnc[nH]3)n2)cc1. The van der Waals surface area contributed by atoms with Gasteiger partial charge in [-0.1, -0.05) is 17.7 Å². The number of hydrogen-bond donors (Lipinski definition) is 4. The van der Waals surface area contributed by atoms with E-state index in [2.05, 4.69) is 35.9 Å². The van der Waals surface area contributed by atoms with Gasteiger partial charge in [0.25, 0.3) is 0 Å². The van der Waals surface area contributed by atoms with Gasteiger partial charge in [-0.15, -0.1) is 0 Å². The zero-order chi connectivity index (χ0) is 18.4. The Kier molecular flexibility index (Phi) is 5.43. The van der Waals surface area contributed by atoms with E-state index in [4.69, 9.17) is 0 Å². The smallest absolute Gasteiger partial charge is 0.326 e. The zero-order valence-corrected chi connectivity index (χ0v) is 14.7. The van der Waals surface area contributed by atoms with Gasteiger partial charge in [-0.2, -0.15) is 4.98 Å². The van der Waals surface area contributed by atoms with Gasteiger partial charge in [0.1, 0.15) is 5.82 Å². The van der Waals surface area contributed by atoms with E-state index in [9.17, 15) is 4.79 Å². The normalized spacial score (nSPS) is 10.4. The molecule has 0 atom stereocenters. The van der Waals surface area contributed by atoms with E-state index in [0.29, 0.717) is 18.1 Å². The lowest BCUT2D eigenvalue weighted by Gasteiger charge is -2.10. The highest BCUT2D eigenvalue weighted by molar-refractivity contribution is 5.98. The standard InChI is InChI=1S/C18H21N7O/c1-12-3-5-14(6-4-12)23-18(26)25-17-22-13(2)9-16(24-17)20-8-7-15-10-19-11-21-15/h3-6,9-11H,7-8H2,1-2H3,(H,19,21)(H3,20,22,23,24,25,26). The van der Waals surface area contributed by atoms with Crippen molar-refractivity contribution in [1.29, 1.82) is 0 Å². The quantitative estimate of drug-likeness (QED) is 0.546. The van der Waals surface area contributed by atoms with Gasteiger partial charge >= 0.3 is 6.03 Å². The summed E-state index contributed by atoms with van der Waals surface area (Å²) in [6.07, 6.45) is 4.23. The second-order valence-electron chi connectivity index (χ2n) is 5.92. The minimum atomic E-state index is -0.386. The summed E-state index contributed by atoms with van der Waals surface area (Å²) >= 11 is 0. The van der Waals surface area contributed by atoms with Crippen molar-refractivity contribution in [3.05, 3.63) is 59.8 Å². The number of rotatable bonds is 6. The molecule has 2 heterocycles. The number of imidazole rings is 1. The number of carbonyl (C=O) groups is 1. The summed E-state index contributed by atoms with van der Waals surface area (Å²) in [6, 6.07) is 8.99. The van der Waals surface area contributed by atoms with Gasteiger partial charge in [0, 0.05) is 42.3 Å². The lowest BCUT2D eigenvalue weighted by Crippen LogP contribution is -2.21. The summed E-state index contributed by atoms with van der Waals surface area (Å²) in [7, 11) is 0. The third-order valence-electron chi connectivity index (χ3n) is 3.64. The van der Waals surface area contributed by atoms with Gasteiger partial charge in [0.15, 0.2) is 0 Å². The molecule has 1 aromatic carbocycles. The van der Waals surface area contributed by atoms with Crippen molar-refractivity contribution < 1.29 is 4.79 Å². The highest BCUT2D eigenvalue weighted by atomic mass is 16.2. The lowest BCUT2D eigenvalue weighted by atomic mass is 10.2. The van der Waals surface area contributed by atoms with E-state index in [-0.39, 0.29) is 12.0 Å². The number of H-pyrrole nitrogens is 1. The number of carbonyl (C=O) groups excluding carboxylic acids is 1. The first-order valence-electron chi connectivity index (χ1n) is 8.30. The number of nitrogens with zero attached hydrogens (tertiary/aromatic N) is 3. The summed E-state index contributed by atoms with van der Waals surface area (Å²) in [5, 5.41) is 8.64. The molecular formula is C18H21N7O. The second kappa shape index (κ2) is 8.11. The molecule has 0 aliphatic rings. The Labute approximate surface area is 151 Å². The molecule has 0 saturated heterocycles. The molecule has 0 bridgehead atoms. The summed E-state index contributed by atoms with van der Waals surface area (Å²) in [6.45, 7) is 4.53. The summed E-state index contributed by atoms with van der Waals surface area (Å²) in [5.41, 5.74) is 3.64. The Hall–Kier alpha value is -3.42. The van der Waals surface area contributed by atoms with Crippen LogP contribution in [0.1, 0.15) is 17.0 Å². The average Bonchev–Trinajstić information content (AvgIpc) is 3.10. The van der Waals surface area contributed by atoms with Gasteiger partial charge in [0.05, 0.1) is 6.33 Å². The number of nitrogens with one attached hydrogen (secondary N) is 4. The van der Waals surface area contributed by atoms with E-state index in [0.717, 1.165) is 23.4 Å². The largest absolute Gasteiger partial charge is 0.370 e. The number of aromatic amines is 1. The average molecular weight is 351 g/mol. The molecule has 0 spiro atoms. The molecule has 0 aliphatic heterocycles. The van der Waals surface area contributed by atoms with Crippen LogP contribution in [0.4, 0.5) is 22.2 Å². The first kappa shape index (κ1) is 17.4. The first-order valence-corrected chi connectivity index (χ1v) is 8.30. The van der Waals surface area contributed by atoms with Crippen LogP contribution in [0.5, 0.6) is 0 Å². The maximum Gasteiger partial charge on any atom is 0.326 e. The van der Waals surface area contributed by atoms with E-state index in [1.165, 1.54) is 0 Å².